The molecule has 0 saturated heterocycles. The number of ether oxygens (including phenoxy) is 1. The lowest BCUT2D eigenvalue weighted by molar-refractivity contribution is -0.415. The third-order valence-corrected chi connectivity index (χ3v) is 11.4. The Labute approximate surface area is 158 Å². The molecule has 0 aromatic heterocycles. The van der Waals surface area contributed by atoms with Gasteiger partial charge in [-0.05, 0) is 119 Å². The van der Waals surface area contributed by atoms with E-state index < -0.39 is 0 Å². The number of rotatable bonds is 4. The van der Waals surface area contributed by atoms with Crippen molar-refractivity contribution in [2.24, 2.45) is 51.2 Å². The first kappa shape index (κ1) is 16.4. The molecule has 0 N–H and O–H groups in total. The molecule has 0 aliphatic heterocycles. The van der Waals surface area contributed by atoms with Crippen LogP contribution in [0.25, 0.3) is 0 Å². The standard InChI is InChI=1S/C24H36O2/c1-6-20(2,3)19(25)26-21(4,5)22-10-16-15-7-14-8-23(16)13-24(9-14,17(15)11-22)18(23)12-22/h14-18H,6-13H2,1-5H3. The molecule has 0 amide bonds. The fourth-order valence-electron chi connectivity index (χ4n) is 9.93. The summed E-state index contributed by atoms with van der Waals surface area (Å²) in [5.41, 5.74) is 1.03. The molecule has 2 heteroatoms. The van der Waals surface area contributed by atoms with Crippen LogP contribution in [0, 0.1) is 51.2 Å². The normalized spacial score (nSPS) is 55.2. The molecule has 8 bridgehead atoms. The van der Waals surface area contributed by atoms with E-state index >= 15 is 0 Å². The highest BCUT2D eigenvalue weighted by Gasteiger charge is 2.85. The van der Waals surface area contributed by atoms with Crippen LogP contribution in [0.1, 0.15) is 86.0 Å². The Morgan fingerprint density at radius 3 is 2.19 bits per heavy atom. The molecule has 9 saturated carbocycles. The first-order valence-corrected chi connectivity index (χ1v) is 11.3. The van der Waals surface area contributed by atoms with Gasteiger partial charge in [0.1, 0.15) is 5.60 Å². The minimum atomic E-state index is -0.364. The maximum absolute atomic E-state index is 12.9. The fourth-order valence-corrected chi connectivity index (χ4v) is 9.93. The molecule has 2 nitrogen and oxygen atoms in total. The molecule has 0 radical (unpaired) electrons. The van der Waals surface area contributed by atoms with E-state index in [2.05, 4.69) is 20.8 Å². The van der Waals surface area contributed by atoms with Crippen molar-refractivity contribution in [3.63, 3.8) is 0 Å². The van der Waals surface area contributed by atoms with Gasteiger partial charge in [0.2, 0.25) is 0 Å². The van der Waals surface area contributed by atoms with Gasteiger partial charge in [0, 0.05) is 5.41 Å². The third kappa shape index (κ3) is 1.48. The molecule has 4 unspecified atom stereocenters. The van der Waals surface area contributed by atoms with Gasteiger partial charge >= 0.3 is 5.97 Å². The van der Waals surface area contributed by atoms with Gasteiger partial charge in [-0.3, -0.25) is 4.79 Å². The quantitative estimate of drug-likeness (QED) is 0.613. The number of hydrogen-bond acceptors (Lipinski definition) is 2. The predicted molar refractivity (Wildman–Crippen MR) is 101 cm³/mol. The summed E-state index contributed by atoms with van der Waals surface area (Å²) in [6, 6.07) is 0. The topological polar surface area (TPSA) is 26.3 Å². The smallest absolute Gasteiger partial charge is 0.312 e. The van der Waals surface area contributed by atoms with Crippen molar-refractivity contribution in [1.82, 2.24) is 0 Å². The van der Waals surface area contributed by atoms with Crippen LogP contribution in [0.3, 0.4) is 0 Å². The zero-order chi connectivity index (χ0) is 18.3. The predicted octanol–water partition coefficient (Wildman–Crippen LogP) is 5.60. The van der Waals surface area contributed by atoms with Crippen LogP contribution < -0.4 is 0 Å². The van der Waals surface area contributed by atoms with Crippen molar-refractivity contribution in [3.05, 3.63) is 0 Å². The van der Waals surface area contributed by atoms with Gasteiger partial charge < -0.3 is 4.74 Å². The lowest BCUT2D eigenvalue weighted by atomic mass is 9.15. The molecule has 0 aromatic carbocycles. The van der Waals surface area contributed by atoms with Crippen LogP contribution in [0.15, 0.2) is 0 Å². The van der Waals surface area contributed by atoms with Crippen LogP contribution >= 0.6 is 0 Å². The summed E-state index contributed by atoms with van der Waals surface area (Å²) in [7, 11) is 0. The molecular formula is C24H36O2. The van der Waals surface area contributed by atoms with E-state index in [1.54, 1.807) is 19.3 Å². The van der Waals surface area contributed by atoms with Crippen molar-refractivity contribution in [2.75, 3.05) is 0 Å². The average Bonchev–Trinajstić information content (AvgIpc) is 2.57. The van der Waals surface area contributed by atoms with Gasteiger partial charge in [-0.2, -0.15) is 0 Å². The highest BCUT2D eigenvalue weighted by Crippen LogP contribution is 2.92. The summed E-state index contributed by atoms with van der Waals surface area (Å²) in [4.78, 5) is 12.9. The van der Waals surface area contributed by atoms with E-state index in [0.717, 1.165) is 46.8 Å². The Balaban J connectivity index is 1.35. The van der Waals surface area contributed by atoms with Crippen molar-refractivity contribution < 1.29 is 9.53 Å². The van der Waals surface area contributed by atoms with E-state index in [1.165, 1.54) is 25.7 Å². The van der Waals surface area contributed by atoms with E-state index in [0.29, 0.717) is 0 Å². The van der Waals surface area contributed by atoms with E-state index in [1.807, 2.05) is 13.8 Å². The molecule has 0 aromatic rings. The van der Waals surface area contributed by atoms with Crippen molar-refractivity contribution in [3.8, 4) is 0 Å². The molecule has 9 fully saturated rings. The van der Waals surface area contributed by atoms with Crippen molar-refractivity contribution in [1.29, 1.82) is 0 Å². The number of carbonyl (C=O) groups is 1. The van der Waals surface area contributed by atoms with Gasteiger partial charge in [0.25, 0.3) is 0 Å². The molecule has 0 heterocycles. The minimum Gasteiger partial charge on any atom is -0.459 e. The summed E-state index contributed by atoms with van der Waals surface area (Å²) in [5.74, 6) is 4.99. The minimum absolute atomic E-state index is 0.0196. The van der Waals surface area contributed by atoms with Crippen molar-refractivity contribution >= 4 is 5.97 Å². The summed E-state index contributed by atoms with van der Waals surface area (Å²) in [6.45, 7) is 10.7. The maximum Gasteiger partial charge on any atom is 0.312 e. The molecule has 9 aliphatic rings. The second-order valence-corrected chi connectivity index (χ2v) is 12.6. The van der Waals surface area contributed by atoms with Crippen LogP contribution in [0.4, 0.5) is 0 Å². The molecule has 9 aliphatic carbocycles. The second kappa shape index (κ2) is 4.23. The highest BCUT2D eigenvalue weighted by atomic mass is 16.6. The summed E-state index contributed by atoms with van der Waals surface area (Å²) in [5, 5.41) is 0. The summed E-state index contributed by atoms with van der Waals surface area (Å²) >= 11 is 0. The molecule has 2 spiro atoms. The monoisotopic (exact) mass is 356 g/mol. The Morgan fingerprint density at radius 1 is 1.00 bits per heavy atom. The first-order chi connectivity index (χ1) is 12.1. The van der Waals surface area contributed by atoms with Gasteiger partial charge in [-0.25, -0.2) is 0 Å². The Kier molecular flexibility index (Phi) is 2.67. The van der Waals surface area contributed by atoms with Gasteiger partial charge in [0.15, 0.2) is 0 Å². The van der Waals surface area contributed by atoms with Gasteiger partial charge in [0.05, 0.1) is 5.41 Å². The van der Waals surface area contributed by atoms with Gasteiger partial charge in [-0.1, -0.05) is 6.92 Å². The van der Waals surface area contributed by atoms with Crippen LogP contribution in [0.2, 0.25) is 0 Å². The Morgan fingerprint density at radius 2 is 1.62 bits per heavy atom. The number of hydrogen-bond donors (Lipinski definition) is 0. The largest absolute Gasteiger partial charge is 0.459 e. The third-order valence-electron chi connectivity index (χ3n) is 11.4. The molecule has 9 rings (SSSR count). The molecule has 144 valence electrons. The number of esters is 1. The average molecular weight is 357 g/mol. The van der Waals surface area contributed by atoms with Gasteiger partial charge in [-0.15, -0.1) is 0 Å². The zero-order valence-corrected chi connectivity index (χ0v) is 17.4. The second-order valence-electron chi connectivity index (χ2n) is 12.6. The van der Waals surface area contributed by atoms with E-state index in [4.69, 9.17) is 4.74 Å². The summed E-state index contributed by atoms with van der Waals surface area (Å²) in [6.07, 6.45) is 11.1. The molecular weight excluding hydrogens is 320 g/mol. The molecule has 4 atom stereocenters. The lowest BCUT2D eigenvalue weighted by Crippen LogP contribution is -2.83. The summed E-state index contributed by atoms with van der Waals surface area (Å²) < 4.78 is 6.36. The Hall–Kier alpha value is -0.530. The lowest BCUT2D eigenvalue weighted by Gasteiger charge is -2.89. The van der Waals surface area contributed by atoms with Crippen molar-refractivity contribution in [2.45, 2.75) is 91.6 Å². The van der Waals surface area contributed by atoms with E-state index in [9.17, 15) is 4.79 Å². The molecule has 26 heavy (non-hydrogen) atoms. The van der Waals surface area contributed by atoms with Crippen LogP contribution in [-0.4, -0.2) is 11.6 Å². The highest BCUT2D eigenvalue weighted by molar-refractivity contribution is 5.76. The van der Waals surface area contributed by atoms with E-state index in [-0.39, 0.29) is 22.4 Å². The fraction of sp³-hybridized carbons (Fsp3) is 0.958. The van der Waals surface area contributed by atoms with Crippen LogP contribution in [0.5, 0.6) is 0 Å². The number of carbonyl (C=O) groups excluding carboxylic acids is 1. The Bertz CT molecular complexity index is 655. The zero-order valence-electron chi connectivity index (χ0n) is 17.4. The van der Waals surface area contributed by atoms with Crippen LogP contribution in [-0.2, 0) is 9.53 Å². The first-order valence-electron chi connectivity index (χ1n) is 11.3. The maximum atomic E-state index is 12.9. The SMILES string of the molecule is CCC(C)(C)C(=O)OC(C)(C)C12CC3C4CC5CC36CC(C5)(C4C1)C6C2.